The number of rotatable bonds is 7. The number of ether oxygens (including phenoxy) is 1. The molecule has 10 heavy (non-hydrogen) atoms. The van der Waals surface area contributed by atoms with E-state index in [0.29, 0.717) is 0 Å². The van der Waals surface area contributed by atoms with Crippen molar-refractivity contribution in [3.05, 3.63) is 6.92 Å². The zero-order valence-corrected chi connectivity index (χ0v) is 6.64. The predicted molar refractivity (Wildman–Crippen MR) is 43.7 cm³/mol. The molecule has 2 heteroatoms. The third-order valence-corrected chi connectivity index (χ3v) is 1.28. The maximum absolute atomic E-state index is 5.28. The van der Waals surface area contributed by atoms with Crippen LogP contribution in [0.5, 0.6) is 0 Å². The van der Waals surface area contributed by atoms with Gasteiger partial charge in [0.2, 0.25) is 0 Å². The molecule has 0 aliphatic heterocycles. The van der Waals surface area contributed by atoms with Crippen molar-refractivity contribution in [1.82, 2.24) is 0 Å². The second-order valence-corrected chi connectivity index (χ2v) is 2.32. The van der Waals surface area contributed by atoms with Crippen LogP contribution in [0, 0.1) is 6.92 Å². The lowest BCUT2D eigenvalue weighted by Crippen LogP contribution is -2.04. The van der Waals surface area contributed by atoms with Gasteiger partial charge in [-0.05, 0) is 19.4 Å². The van der Waals surface area contributed by atoms with Crippen LogP contribution < -0.4 is 5.73 Å². The molecule has 0 saturated heterocycles. The summed E-state index contributed by atoms with van der Waals surface area (Å²) in [5.74, 6) is 0. The van der Waals surface area contributed by atoms with E-state index in [1.54, 1.807) is 0 Å². The Balaban J connectivity index is 2.65. The van der Waals surface area contributed by atoms with Crippen LogP contribution in [0.25, 0.3) is 0 Å². The Labute approximate surface area is 63.7 Å². The highest BCUT2D eigenvalue weighted by atomic mass is 16.5. The lowest BCUT2D eigenvalue weighted by molar-refractivity contribution is 0.129. The first-order valence-electron chi connectivity index (χ1n) is 3.99. The molecular formula is C8H18NO. The minimum atomic E-state index is 0.731. The molecule has 0 aromatic rings. The number of nitrogens with two attached hydrogens (primary N) is 1. The summed E-state index contributed by atoms with van der Waals surface area (Å²) >= 11 is 0. The normalized spacial score (nSPS) is 10.2. The summed E-state index contributed by atoms with van der Waals surface area (Å²) in [7, 11) is 0. The van der Waals surface area contributed by atoms with Gasteiger partial charge in [0, 0.05) is 13.2 Å². The van der Waals surface area contributed by atoms with Crippen LogP contribution in [0.1, 0.15) is 25.7 Å². The average Bonchev–Trinajstić information content (AvgIpc) is 1.97. The zero-order chi connectivity index (χ0) is 7.66. The molecular weight excluding hydrogens is 126 g/mol. The van der Waals surface area contributed by atoms with Crippen LogP contribution in [0.3, 0.4) is 0 Å². The van der Waals surface area contributed by atoms with E-state index in [4.69, 9.17) is 10.5 Å². The van der Waals surface area contributed by atoms with Crippen molar-refractivity contribution < 1.29 is 4.74 Å². The Morgan fingerprint density at radius 3 is 2.40 bits per heavy atom. The Bertz CT molecular complexity index is 49.2. The maximum Gasteiger partial charge on any atom is 0.0478 e. The molecule has 0 fully saturated rings. The van der Waals surface area contributed by atoms with Gasteiger partial charge in [-0.3, -0.25) is 0 Å². The molecule has 61 valence electrons. The first-order valence-corrected chi connectivity index (χ1v) is 3.99. The Kier molecular flexibility index (Phi) is 8.85. The fraction of sp³-hybridized carbons (Fsp3) is 0.875. The van der Waals surface area contributed by atoms with Crippen molar-refractivity contribution in [3.8, 4) is 0 Å². The summed E-state index contributed by atoms with van der Waals surface area (Å²) in [6.45, 7) is 6.16. The molecule has 0 aliphatic rings. The topological polar surface area (TPSA) is 35.2 Å². The molecule has 1 radical (unpaired) electrons. The molecule has 0 aromatic carbocycles. The minimum Gasteiger partial charge on any atom is -0.381 e. The van der Waals surface area contributed by atoms with Crippen molar-refractivity contribution in [1.29, 1.82) is 0 Å². The Morgan fingerprint density at radius 1 is 1.10 bits per heavy atom. The van der Waals surface area contributed by atoms with E-state index in [2.05, 4.69) is 6.92 Å². The van der Waals surface area contributed by atoms with Gasteiger partial charge in [0.05, 0.1) is 0 Å². The molecule has 0 heterocycles. The van der Waals surface area contributed by atoms with Crippen LogP contribution in [0.4, 0.5) is 0 Å². The first-order chi connectivity index (χ1) is 4.91. The SMILES string of the molecule is [CH2]CCCCOCCCN. The van der Waals surface area contributed by atoms with E-state index in [9.17, 15) is 0 Å². The maximum atomic E-state index is 5.28. The monoisotopic (exact) mass is 144 g/mol. The second kappa shape index (κ2) is 8.92. The van der Waals surface area contributed by atoms with Crippen molar-refractivity contribution in [2.75, 3.05) is 19.8 Å². The molecule has 0 aliphatic carbocycles. The number of hydrogen-bond acceptors (Lipinski definition) is 2. The van der Waals surface area contributed by atoms with E-state index in [1.165, 1.54) is 6.42 Å². The molecule has 0 saturated carbocycles. The summed E-state index contributed by atoms with van der Waals surface area (Å²) in [4.78, 5) is 0. The van der Waals surface area contributed by atoms with Crippen molar-refractivity contribution in [2.45, 2.75) is 25.7 Å². The van der Waals surface area contributed by atoms with Crippen LogP contribution in [0.2, 0.25) is 0 Å². The van der Waals surface area contributed by atoms with Gasteiger partial charge < -0.3 is 10.5 Å². The second-order valence-electron chi connectivity index (χ2n) is 2.32. The highest BCUT2D eigenvalue weighted by Gasteiger charge is 1.86. The number of unbranched alkanes of at least 4 members (excludes halogenated alkanes) is 2. The van der Waals surface area contributed by atoms with E-state index < -0.39 is 0 Å². The highest BCUT2D eigenvalue weighted by molar-refractivity contribution is 4.42. The van der Waals surface area contributed by atoms with Crippen molar-refractivity contribution in [3.63, 3.8) is 0 Å². The fourth-order valence-electron chi connectivity index (χ4n) is 0.668. The third-order valence-electron chi connectivity index (χ3n) is 1.28. The number of hydrogen-bond donors (Lipinski definition) is 1. The van der Waals surface area contributed by atoms with Gasteiger partial charge in [0.25, 0.3) is 0 Å². The molecule has 0 spiro atoms. The summed E-state index contributed by atoms with van der Waals surface area (Å²) in [5.41, 5.74) is 5.28. The van der Waals surface area contributed by atoms with Crippen molar-refractivity contribution >= 4 is 0 Å². The molecule has 2 N–H and O–H groups in total. The van der Waals surface area contributed by atoms with Gasteiger partial charge in [-0.1, -0.05) is 19.8 Å². The zero-order valence-electron chi connectivity index (χ0n) is 6.64. The lowest BCUT2D eigenvalue weighted by Gasteiger charge is -2.00. The molecule has 0 aromatic heterocycles. The summed E-state index contributed by atoms with van der Waals surface area (Å²) < 4.78 is 5.27. The highest BCUT2D eigenvalue weighted by Crippen LogP contribution is 1.93. The average molecular weight is 144 g/mol. The first kappa shape index (κ1) is 9.92. The minimum absolute atomic E-state index is 0.731. The smallest absolute Gasteiger partial charge is 0.0478 e. The van der Waals surface area contributed by atoms with Gasteiger partial charge in [-0.2, -0.15) is 0 Å². The Morgan fingerprint density at radius 2 is 1.80 bits per heavy atom. The summed E-state index contributed by atoms with van der Waals surface area (Å²) in [6.07, 6.45) is 4.29. The van der Waals surface area contributed by atoms with Gasteiger partial charge in [0.15, 0.2) is 0 Å². The van der Waals surface area contributed by atoms with E-state index in [-0.39, 0.29) is 0 Å². The molecule has 0 unspecified atom stereocenters. The van der Waals surface area contributed by atoms with Crippen molar-refractivity contribution in [2.24, 2.45) is 5.73 Å². The van der Waals surface area contributed by atoms with E-state index >= 15 is 0 Å². The van der Waals surface area contributed by atoms with E-state index in [1.807, 2.05) is 0 Å². The molecule has 2 nitrogen and oxygen atoms in total. The summed E-state index contributed by atoms with van der Waals surface area (Å²) in [6, 6.07) is 0. The Hall–Kier alpha value is -0.0800. The van der Waals surface area contributed by atoms with Gasteiger partial charge in [0.1, 0.15) is 0 Å². The van der Waals surface area contributed by atoms with Crippen LogP contribution in [0.15, 0.2) is 0 Å². The fourth-order valence-corrected chi connectivity index (χ4v) is 0.668. The van der Waals surface area contributed by atoms with Crippen LogP contribution in [-0.2, 0) is 4.74 Å². The van der Waals surface area contributed by atoms with Crippen LogP contribution >= 0.6 is 0 Å². The molecule has 0 atom stereocenters. The van der Waals surface area contributed by atoms with Gasteiger partial charge >= 0.3 is 0 Å². The third kappa shape index (κ3) is 7.92. The molecule has 0 rings (SSSR count). The quantitative estimate of drug-likeness (QED) is 0.547. The van der Waals surface area contributed by atoms with E-state index in [0.717, 1.165) is 39.0 Å². The predicted octanol–water partition coefficient (Wildman–Crippen LogP) is 1.36. The van der Waals surface area contributed by atoms with Crippen LogP contribution in [-0.4, -0.2) is 19.8 Å². The molecule has 0 bridgehead atoms. The standard InChI is InChI=1S/C8H18NO/c1-2-3-4-7-10-8-5-6-9/h1-9H2. The van der Waals surface area contributed by atoms with Gasteiger partial charge in [-0.25, -0.2) is 0 Å². The van der Waals surface area contributed by atoms with Gasteiger partial charge in [-0.15, -0.1) is 0 Å². The summed E-state index contributed by atoms with van der Waals surface area (Å²) in [5, 5.41) is 0. The molecule has 0 amide bonds. The lowest BCUT2D eigenvalue weighted by atomic mass is 10.3. The largest absolute Gasteiger partial charge is 0.381 e.